The monoisotopic (exact) mass is 368 g/mol. The first-order chi connectivity index (χ1) is 12.0. The Morgan fingerprint density at radius 2 is 1.76 bits per heavy atom. The molecule has 1 heterocycles. The molecule has 0 spiro atoms. The smallest absolute Gasteiger partial charge is 0.207 e. The van der Waals surface area contributed by atoms with Crippen molar-refractivity contribution in [2.45, 2.75) is 17.9 Å². The number of hydrogen-bond acceptors (Lipinski definition) is 4. The maximum Gasteiger partial charge on any atom is 0.242 e. The molecule has 0 aliphatic heterocycles. The lowest BCUT2D eigenvalue weighted by molar-refractivity contribution is 0.573. The molecular weight excluding hydrogens is 352 g/mol. The number of hydrogen-bond donors (Lipinski definition) is 1. The highest BCUT2D eigenvalue weighted by atomic mass is 32.2. The second kappa shape index (κ2) is 7.19. The number of sulfonamides is 1. The summed E-state index contributed by atoms with van der Waals surface area (Å²) in [7, 11) is -3.85. The van der Waals surface area contributed by atoms with Gasteiger partial charge in [0, 0.05) is 4.88 Å². The van der Waals surface area contributed by atoms with E-state index in [0.717, 1.165) is 16.0 Å². The van der Waals surface area contributed by atoms with Gasteiger partial charge in [0.15, 0.2) is 0 Å². The van der Waals surface area contributed by atoms with Crippen LogP contribution in [0.1, 0.15) is 27.6 Å². The van der Waals surface area contributed by atoms with Gasteiger partial charge in [0.1, 0.15) is 6.07 Å². The molecule has 126 valence electrons. The predicted molar refractivity (Wildman–Crippen MR) is 98.8 cm³/mol. The third-order valence-corrected chi connectivity index (χ3v) is 6.23. The molecule has 4 nitrogen and oxygen atoms in total. The van der Waals surface area contributed by atoms with Crippen LogP contribution in [0.25, 0.3) is 0 Å². The van der Waals surface area contributed by atoms with E-state index in [1.165, 1.54) is 23.5 Å². The summed E-state index contributed by atoms with van der Waals surface area (Å²) in [5.74, 6) is 0. The zero-order valence-corrected chi connectivity index (χ0v) is 15.1. The molecule has 0 radical (unpaired) electrons. The Labute approximate surface area is 151 Å². The third-order valence-electron chi connectivity index (χ3n) is 3.81. The van der Waals surface area contributed by atoms with Crippen LogP contribution >= 0.6 is 11.3 Å². The number of benzene rings is 2. The first-order valence-corrected chi connectivity index (χ1v) is 9.99. The lowest BCUT2D eigenvalue weighted by Gasteiger charge is -2.19. The van der Waals surface area contributed by atoms with Gasteiger partial charge < -0.3 is 0 Å². The van der Waals surface area contributed by atoms with Gasteiger partial charge >= 0.3 is 0 Å². The largest absolute Gasteiger partial charge is 0.242 e. The molecule has 0 aliphatic rings. The number of rotatable bonds is 5. The molecule has 0 amide bonds. The van der Waals surface area contributed by atoms with Gasteiger partial charge in [-0.15, -0.1) is 11.3 Å². The number of nitriles is 1. The van der Waals surface area contributed by atoms with Gasteiger partial charge in [-0.3, -0.25) is 0 Å². The fourth-order valence-corrected chi connectivity index (χ4v) is 4.76. The molecule has 6 heteroatoms. The van der Waals surface area contributed by atoms with Crippen LogP contribution in [0.15, 0.2) is 70.9 Å². The highest BCUT2D eigenvalue weighted by Gasteiger charge is 2.25. The highest BCUT2D eigenvalue weighted by molar-refractivity contribution is 7.89. The van der Waals surface area contributed by atoms with Crippen molar-refractivity contribution in [2.24, 2.45) is 0 Å². The fourth-order valence-electron chi connectivity index (χ4n) is 2.52. The van der Waals surface area contributed by atoms with E-state index in [-0.39, 0.29) is 10.5 Å². The van der Waals surface area contributed by atoms with E-state index in [9.17, 15) is 13.7 Å². The molecule has 25 heavy (non-hydrogen) atoms. The molecule has 1 N–H and O–H groups in total. The van der Waals surface area contributed by atoms with Crippen molar-refractivity contribution >= 4 is 21.4 Å². The first kappa shape index (κ1) is 17.4. The van der Waals surface area contributed by atoms with Crippen molar-refractivity contribution in [1.29, 1.82) is 5.26 Å². The Bertz CT molecular complexity index is 1000. The molecule has 3 aromatic rings. The van der Waals surface area contributed by atoms with Crippen LogP contribution < -0.4 is 4.72 Å². The lowest BCUT2D eigenvalue weighted by Crippen LogP contribution is -2.29. The van der Waals surface area contributed by atoms with Crippen LogP contribution in [0.3, 0.4) is 0 Å². The van der Waals surface area contributed by atoms with E-state index >= 15 is 0 Å². The highest BCUT2D eigenvalue weighted by Crippen LogP contribution is 2.28. The zero-order chi connectivity index (χ0) is 17.9. The molecule has 3 rings (SSSR count). The average molecular weight is 368 g/mol. The average Bonchev–Trinajstić information content (AvgIpc) is 3.15. The van der Waals surface area contributed by atoms with Crippen LogP contribution in [0.5, 0.6) is 0 Å². The molecule has 0 saturated carbocycles. The fraction of sp³-hybridized carbons (Fsp3) is 0.105. The maximum atomic E-state index is 12.9. The summed E-state index contributed by atoms with van der Waals surface area (Å²) < 4.78 is 28.6. The van der Waals surface area contributed by atoms with Gasteiger partial charge in [-0.25, -0.2) is 8.42 Å². The van der Waals surface area contributed by atoms with Gasteiger partial charge in [0.25, 0.3) is 0 Å². The van der Waals surface area contributed by atoms with E-state index in [1.807, 2.05) is 54.8 Å². The van der Waals surface area contributed by atoms with Crippen molar-refractivity contribution in [3.05, 3.63) is 87.6 Å². The molecule has 0 unspecified atom stereocenters. The Morgan fingerprint density at radius 3 is 2.40 bits per heavy atom. The SMILES string of the molecule is Cc1ccc([C@@H](NS(=O)(=O)c2ccccc2C#N)c2cccs2)cc1. The van der Waals surface area contributed by atoms with Gasteiger partial charge in [-0.1, -0.05) is 48.0 Å². The Kier molecular flexibility index (Phi) is 5.00. The molecular formula is C19H16N2O2S2. The normalized spacial score (nSPS) is 12.5. The molecule has 0 saturated heterocycles. The van der Waals surface area contributed by atoms with E-state index in [1.54, 1.807) is 12.1 Å². The Hall–Kier alpha value is -2.46. The molecule has 0 aliphatic carbocycles. The lowest BCUT2D eigenvalue weighted by atomic mass is 10.0. The summed E-state index contributed by atoms with van der Waals surface area (Å²) in [4.78, 5) is 0.882. The van der Waals surface area contributed by atoms with Crippen molar-refractivity contribution in [3.63, 3.8) is 0 Å². The summed E-state index contributed by atoms with van der Waals surface area (Å²) in [5, 5.41) is 11.1. The summed E-state index contributed by atoms with van der Waals surface area (Å²) in [6.45, 7) is 1.98. The standard InChI is InChI=1S/C19H16N2O2S2/c1-14-8-10-15(11-9-14)19(17-6-4-12-24-17)21-25(22,23)18-7-3-2-5-16(18)13-20/h2-12,19,21H,1H3/t19-/m1/s1. The number of aryl methyl sites for hydroxylation is 1. The van der Waals surface area contributed by atoms with Gasteiger partial charge in [0.05, 0.1) is 16.5 Å². The van der Waals surface area contributed by atoms with Crippen molar-refractivity contribution in [3.8, 4) is 6.07 Å². The topological polar surface area (TPSA) is 70.0 Å². The molecule has 2 aromatic carbocycles. The molecule has 1 aromatic heterocycles. The minimum atomic E-state index is -3.85. The van der Waals surface area contributed by atoms with Gasteiger partial charge in [-0.05, 0) is 36.1 Å². The number of thiophene rings is 1. The third kappa shape index (κ3) is 3.80. The second-order valence-electron chi connectivity index (χ2n) is 5.59. The van der Waals surface area contributed by atoms with Gasteiger partial charge in [-0.2, -0.15) is 9.98 Å². The second-order valence-corrected chi connectivity index (χ2v) is 8.25. The quantitative estimate of drug-likeness (QED) is 0.740. The summed E-state index contributed by atoms with van der Waals surface area (Å²) in [6, 6.07) is 19.2. The van der Waals surface area contributed by atoms with Crippen LogP contribution in [0.2, 0.25) is 0 Å². The van der Waals surface area contributed by atoms with Gasteiger partial charge in [0.2, 0.25) is 10.0 Å². The maximum absolute atomic E-state index is 12.9. The molecule has 1 atom stereocenters. The van der Waals surface area contributed by atoms with E-state index in [0.29, 0.717) is 0 Å². The van der Waals surface area contributed by atoms with Crippen LogP contribution in [0.4, 0.5) is 0 Å². The summed E-state index contributed by atoms with van der Waals surface area (Å²) >= 11 is 1.48. The van der Waals surface area contributed by atoms with Crippen molar-refractivity contribution in [1.82, 2.24) is 4.72 Å². The van der Waals surface area contributed by atoms with Crippen LogP contribution in [-0.2, 0) is 10.0 Å². The van der Waals surface area contributed by atoms with Crippen LogP contribution in [-0.4, -0.2) is 8.42 Å². The Balaban J connectivity index is 2.03. The molecule has 0 fully saturated rings. The van der Waals surface area contributed by atoms with Crippen LogP contribution in [0, 0.1) is 18.3 Å². The summed E-state index contributed by atoms with van der Waals surface area (Å²) in [6.07, 6.45) is 0. The number of nitrogens with zero attached hydrogens (tertiary/aromatic N) is 1. The first-order valence-electron chi connectivity index (χ1n) is 7.63. The van der Waals surface area contributed by atoms with Crippen molar-refractivity contribution in [2.75, 3.05) is 0 Å². The van der Waals surface area contributed by atoms with Crippen molar-refractivity contribution < 1.29 is 8.42 Å². The van der Waals surface area contributed by atoms with E-state index < -0.39 is 16.1 Å². The predicted octanol–water partition coefficient (Wildman–Crippen LogP) is 4.00. The Morgan fingerprint density at radius 1 is 1.04 bits per heavy atom. The molecule has 0 bridgehead atoms. The van der Waals surface area contributed by atoms with E-state index in [4.69, 9.17) is 0 Å². The zero-order valence-electron chi connectivity index (χ0n) is 13.5. The minimum absolute atomic E-state index is 0.00818. The number of nitrogens with one attached hydrogen (secondary N) is 1. The minimum Gasteiger partial charge on any atom is -0.207 e. The summed E-state index contributed by atoms with van der Waals surface area (Å²) in [5.41, 5.74) is 2.08. The van der Waals surface area contributed by atoms with E-state index in [2.05, 4.69) is 4.72 Å².